The molecule has 0 radical (unpaired) electrons. The summed E-state index contributed by atoms with van der Waals surface area (Å²) in [5, 5.41) is 12.9. The third-order valence-corrected chi connectivity index (χ3v) is 6.61. The highest BCUT2D eigenvalue weighted by Crippen LogP contribution is 2.32. The van der Waals surface area contributed by atoms with Crippen molar-refractivity contribution in [3.8, 4) is 0 Å². The molecule has 4 atom stereocenters. The van der Waals surface area contributed by atoms with Gasteiger partial charge in [-0.3, -0.25) is 14.5 Å². The molecule has 2 aliphatic heterocycles. The Bertz CT molecular complexity index is 859. The van der Waals surface area contributed by atoms with Crippen LogP contribution in [0.3, 0.4) is 0 Å². The van der Waals surface area contributed by atoms with Gasteiger partial charge in [0.1, 0.15) is 12.6 Å². The molecule has 2 heterocycles. The second-order valence-corrected chi connectivity index (χ2v) is 10.1. The molecule has 2 bridgehead atoms. The van der Waals surface area contributed by atoms with Crippen molar-refractivity contribution in [2.75, 3.05) is 13.2 Å². The van der Waals surface area contributed by atoms with E-state index in [0.29, 0.717) is 32.4 Å². The van der Waals surface area contributed by atoms with Crippen LogP contribution in [-0.2, 0) is 21.1 Å². The highest BCUT2D eigenvalue weighted by atomic mass is 16.7. The Morgan fingerprint density at radius 3 is 2.56 bits per heavy atom. The van der Waals surface area contributed by atoms with Crippen LogP contribution in [0.15, 0.2) is 30.3 Å². The summed E-state index contributed by atoms with van der Waals surface area (Å²) < 4.78 is 0. The molecule has 3 N–H and O–H groups in total. The molecule has 2 unspecified atom stereocenters. The zero-order chi connectivity index (χ0) is 24.9. The molecule has 1 aromatic carbocycles. The van der Waals surface area contributed by atoms with E-state index in [1.54, 1.807) is 0 Å². The molecule has 188 valence electrons. The van der Waals surface area contributed by atoms with Gasteiger partial charge in [0.15, 0.2) is 0 Å². The van der Waals surface area contributed by atoms with Gasteiger partial charge < -0.3 is 15.3 Å². The number of hydrogen-bond acceptors (Lipinski definition) is 5. The van der Waals surface area contributed by atoms with Crippen molar-refractivity contribution in [1.29, 1.82) is 0 Å². The standard InChI is InChI=1S/C24H36N4O6/c1-16(25-22(30)31)19(24(2,3)4)12-13-33-26-21(29)20-11-10-18-14-27(20)23(32)28(18)34-15-17-8-6-5-7-9-17/h5-9,16,18-20,25H,10-15H2,1-4H3,(H,26,29)(H,30,31)/t16?,18-,19?,20+/m1/s1. The van der Waals surface area contributed by atoms with Gasteiger partial charge in [-0.2, -0.15) is 5.06 Å². The summed E-state index contributed by atoms with van der Waals surface area (Å²) in [5.41, 5.74) is 3.30. The number of carboxylic acid groups (broad SMARTS) is 1. The van der Waals surface area contributed by atoms with Crippen molar-refractivity contribution >= 4 is 18.0 Å². The minimum Gasteiger partial charge on any atom is -0.465 e. The van der Waals surface area contributed by atoms with Crippen LogP contribution in [0.2, 0.25) is 0 Å². The molecule has 0 saturated carbocycles. The average molecular weight is 477 g/mol. The van der Waals surface area contributed by atoms with Crippen molar-refractivity contribution in [3.63, 3.8) is 0 Å². The van der Waals surface area contributed by atoms with Gasteiger partial charge in [0.2, 0.25) is 0 Å². The Labute approximate surface area is 200 Å². The number of piperidine rings is 1. The fraction of sp³-hybridized carbons (Fsp3) is 0.625. The average Bonchev–Trinajstić information content (AvgIpc) is 3.00. The number of urea groups is 1. The summed E-state index contributed by atoms with van der Waals surface area (Å²) in [6.07, 6.45) is 0.686. The van der Waals surface area contributed by atoms with E-state index in [4.69, 9.17) is 14.8 Å². The monoisotopic (exact) mass is 476 g/mol. The number of nitrogens with zero attached hydrogens (tertiary/aromatic N) is 2. The number of fused-ring (bicyclic) bond motifs is 2. The van der Waals surface area contributed by atoms with Gasteiger partial charge in [-0.05, 0) is 43.1 Å². The van der Waals surface area contributed by atoms with Crippen molar-refractivity contribution in [3.05, 3.63) is 35.9 Å². The summed E-state index contributed by atoms with van der Waals surface area (Å²) in [6.45, 7) is 8.91. The van der Waals surface area contributed by atoms with E-state index in [9.17, 15) is 14.4 Å². The molecule has 4 amide bonds. The van der Waals surface area contributed by atoms with Gasteiger partial charge in [0, 0.05) is 12.6 Å². The summed E-state index contributed by atoms with van der Waals surface area (Å²) >= 11 is 0. The third kappa shape index (κ3) is 6.38. The molecular weight excluding hydrogens is 440 g/mol. The maximum absolute atomic E-state index is 12.9. The van der Waals surface area contributed by atoms with Crippen LogP contribution in [0.25, 0.3) is 0 Å². The minimum atomic E-state index is -1.07. The molecule has 1 aromatic rings. The Morgan fingerprint density at radius 2 is 1.91 bits per heavy atom. The highest BCUT2D eigenvalue weighted by Gasteiger charge is 2.48. The molecule has 2 saturated heterocycles. The van der Waals surface area contributed by atoms with Crippen molar-refractivity contribution in [2.24, 2.45) is 11.3 Å². The lowest BCUT2D eigenvalue weighted by molar-refractivity contribution is -0.141. The van der Waals surface area contributed by atoms with Crippen LogP contribution in [0, 0.1) is 11.3 Å². The highest BCUT2D eigenvalue weighted by molar-refractivity contribution is 5.88. The molecule has 2 fully saturated rings. The zero-order valence-corrected chi connectivity index (χ0v) is 20.3. The SMILES string of the molecule is CC(NC(=O)O)C(CCONC(=O)[C@@H]1CC[C@@H]2CN1C(=O)N2OCc1ccccc1)C(C)(C)C. The zero-order valence-electron chi connectivity index (χ0n) is 20.3. The molecule has 0 aliphatic carbocycles. The second kappa shape index (κ2) is 11.1. The number of hydroxylamine groups is 3. The number of rotatable bonds is 10. The van der Waals surface area contributed by atoms with E-state index >= 15 is 0 Å². The summed E-state index contributed by atoms with van der Waals surface area (Å²) in [5.74, 6) is -0.354. The normalized spacial score (nSPS) is 21.8. The van der Waals surface area contributed by atoms with Crippen LogP contribution >= 0.6 is 0 Å². The van der Waals surface area contributed by atoms with Gasteiger partial charge in [0.25, 0.3) is 5.91 Å². The summed E-state index contributed by atoms with van der Waals surface area (Å²) in [6, 6.07) is 8.37. The van der Waals surface area contributed by atoms with E-state index in [0.717, 1.165) is 5.56 Å². The van der Waals surface area contributed by atoms with Crippen LogP contribution < -0.4 is 10.8 Å². The third-order valence-electron chi connectivity index (χ3n) is 6.61. The van der Waals surface area contributed by atoms with E-state index in [-0.39, 0.29) is 42.0 Å². The molecule has 10 heteroatoms. The maximum Gasteiger partial charge on any atom is 0.404 e. The largest absolute Gasteiger partial charge is 0.465 e. The lowest BCUT2D eigenvalue weighted by atomic mass is 9.75. The second-order valence-electron chi connectivity index (χ2n) is 10.1. The van der Waals surface area contributed by atoms with E-state index in [2.05, 4.69) is 10.8 Å². The van der Waals surface area contributed by atoms with Gasteiger partial charge in [-0.1, -0.05) is 51.1 Å². The lowest BCUT2D eigenvalue weighted by Crippen LogP contribution is -2.50. The summed E-state index contributed by atoms with van der Waals surface area (Å²) in [7, 11) is 0. The number of hydrogen-bond donors (Lipinski definition) is 3. The summed E-state index contributed by atoms with van der Waals surface area (Å²) in [4.78, 5) is 49.4. The molecule has 2 aliphatic rings. The Hall–Kier alpha value is -2.85. The molecule has 0 spiro atoms. The predicted molar refractivity (Wildman–Crippen MR) is 124 cm³/mol. The molecule has 10 nitrogen and oxygen atoms in total. The number of benzene rings is 1. The van der Waals surface area contributed by atoms with Gasteiger partial charge in [-0.25, -0.2) is 15.1 Å². The van der Waals surface area contributed by atoms with Gasteiger partial charge >= 0.3 is 12.1 Å². The lowest BCUT2D eigenvalue weighted by Gasteiger charge is -2.35. The first-order chi connectivity index (χ1) is 16.1. The number of carbonyl (C=O) groups excluding carboxylic acids is 2. The maximum atomic E-state index is 12.9. The van der Waals surface area contributed by atoms with Gasteiger partial charge in [-0.15, -0.1) is 0 Å². The number of nitrogens with one attached hydrogen (secondary N) is 2. The first-order valence-electron chi connectivity index (χ1n) is 11.8. The predicted octanol–water partition coefficient (Wildman–Crippen LogP) is 3.14. The fourth-order valence-corrected chi connectivity index (χ4v) is 4.89. The fourth-order valence-electron chi connectivity index (χ4n) is 4.89. The van der Waals surface area contributed by atoms with Crippen molar-refractivity contribution < 1.29 is 29.2 Å². The first kappa shape index (κ1) is 25.8. The quantitative estimate of drug-likeness (QED) is 0.352. The van der Waals surface area contributed by atoms with Gasteiger partial charge in [0.05, 0.1) is 12.6 Å². The Balaban J connectivity index is 1.47. The molecule has 0 aromatic heterocycles. The van der Waals surface area contributed by atoms with E-state index in [1.165, 1.54) is 9.96 Å². The van der Waals surface area contributed by atoms with Crippen molar-refractivity contribution in [1.82, 2.24) is 20.8 Å². The smallest absolute Gasteiger partial charge is 0.404 e. The first-order valence-corrected chi connectivity index (χ1v) is 11.8. The van der Waals surface area contributed by atoms with E-state index < -0.39 is 12.1 Å². The molecule has 3 rings (SSSR count). The Morgan fingerprint density at radius 1 is 1.21 bits per heavy atom. The Kier molecular flexibility index (Phi) is 8.37. The molecular formula is C24H36N4O6. The minimum absolute atomic E-state index is 0.00595. The van der Waals surface area contributed by atoms with Crippen molar-refractivity contribution in [2.45, 2.75) is 71.7 Å². The van der Waals surface area contributed by atoms with Crippen LogP contribution in [-0.4, -0.2) is 64.4 Å². The topological polar surface area (TPSA) is 120 Å². The number of amides is 4. The van der Waals surface area contributed by atoms with Crippen LogP contribution in [0.5, 0.6) is 0 Å². The number of carbonyl (C=O) groups is 3. The van der Waals surface area contributed by atoms with E-state index in [1.807, 2.05) is 58.0 Å². The van der Waals surface area contributed by atoms with Crippen LogP contribution in [0.1, 0.15) is 52.5 Å². The van der Waals surface area contributed by atoms with Crippen LogP contribution in [0.4, 0.5) is 9.59 Å². The molecule has 34 heavy (non-hydrogen) atoms.